The molecule has 0 spiro atoms. The van der Waals surface area contributed by atoms with Gasteiger partial charge in [0.1, 0.15) is 5.76 Å². The molecule has 0 aromatic carbocycles. The number of aliphatic hydroxyl groups is 1. The molecule has 1 rings (SSSR count). The molecule has 0 aliphatic rings. The molecule has 0 aliphatic heterocycles. The molecule has 1 atom stereocenters. The summed E-state index contributed by atoms with van der Waals surface area (Å²) in [6.45, 7) is 3.36. The maximum atomic E-state index is 8.59. The van der Waals surface area contributed by atoms with Gasteiger partial charge in [0, 0.05) is 6.61 Å². The van der Waals surface area contributed by atoms with Gasteiger partial charge in [0.15, 0.2) is 0 Å². The highest BCUT2D eigenvalue weighted by molar-refractivity contribution is 5.02. The molecule has 2 N–H and O–H groups in total. The van der Waals surface area contributed by atoms with Gasteiger partial charge in [0.2, 0.25) is 0 Å². The lowest BCUT2D eigenvalue weighted by Crippen LogP contribution is -2.19. The predicted octanol–water partition coefficient (Wildman–Crippen LogP) is 2.09. The third-order valence-corrected chi connectivity index (χ3v) is 2.26. The van der Waals surface area contributed by atoms with E-state index < -0.39 is 0 Å². The number of rotatable bonds is 7. The molecule has 0 radical (unpaired) electrons. The van der Waals surface area contributed by atoms with Gasteiger partial charge in [-0.1, -0.05) is 0 Å². The summed E-state index contributed by atoms with van der Waals surface area (Å²) in [7, 11) is 0. The Morgan fingerprint density at radius 2 is 2.29 bits per heavy atom. The zero-order valence-electron chi connectivity index (χ0n) is 8.70. The lowest BCUT2D eigenvalue weighted by atomic mass is 10.2. The number of furan rings is 1. The second-order valence-corrected chi connectivity index (χ2v) is 3.48. The third-order valence-electron chi connectivity index (χ3n) is 2.26. The van der Waals surface area contributed by atoms with Crippen LogP contribution in [0.25, 0.3) is 0 Å². The van der Waals surface area contributed by atoms with Crippen molar-refractivity contribution in [2.45, 2.75) is 32.2 Å². The van der Waals surface area contributed by atoms with Crippen LogP contribution < -0.4 is 5.32 Å². The van der Waals surface area contributed by atoms with Gasteiger partial charge in [-0.15, -0.1) is 0 Å². The first kappa shape index (κ1) is 11.3. The second-order valence-electron chi connectivity index (χ2n) is 3.48. The summed E-state index contributed by atoms with van der Waals surface area (Å²) in [5, 5.41) is 12.0. The highest BCUT2D eigenvalue weighted by atomic mass is 16.3. The first-order valence-corrected chi connectivity index (χ1v) is 5.22. The lowest BCUT2D eigenvalue weighted by Gasteiger charge is -2.10. The molecule has 0 bridgehead atoms. The quantitative estimate of drug-likeness (QED) is 0.658. The van der Waals surface area contributed by atoms with E-state index in [1.165, 1.54) is 0 Å². The van der Waals surface area contributed by atoms with Crippen molar-refractivity contribution in [2.24, 2.45) is 0 Å². The van der Waals surface area contributed by atoms with E-state index in [0.29, 0.717) is 6.61 Å². The Balaban J connectivity index is 2.07. The number of hydrogen-bond donors (Lipinski definition) is 2. The van der Waals surface area contributed by atoms with Crippen molar-refractivity contribution < 1.29 is 9.52 Å². The average Bonchev–Trinajstić information content (AvgIpc) is 2.70. The van der Waals surface area contributed by atoms with E-state index in [9.17, 15) is 0 Å². The third kappa shape index (κ3) is 3.94. The Bertz CT molecular complexity index is 221. The summed E-state index contributed by atoms with van der Waals surface area (Å²) >= 11 is 0. The van der Waals surface area contributed by atoms with Crippen LogP contribution in [0.4, 0.5) is 0 Å². The van der Waals surface area contributed by atoms with Crippen LogP contribution in [0, 0.1) is 0 Å². The van der Waals surface area contributed by atoms with Crippen molar-refractivity contribution in [3.63, 3.8) is 0 Å². The first-order chi connectivity index (χ1) is 6.84. The summed E-state index contributed by atoms with van der Waals surface area (Å²) in [6, 6.07) is 4.16. The van der Waals surface area contributed by atoms with Crippen LogP contribution in [-0.4, -0.2) is 18.3 Å². The maximum Gasteiger partial charge on any atom is 0.120 e. The van der Waals surface area contributed by atoms with Gasteiger partial charge >= 0.3 is 0 Å². The van der Waals surface area contributed by atoms with Crippen LogP contribution in [0.5, 0.6) is 0 Å². The molecule has 0 amide bonds. The van der Waals surface area contributed by atoms with Gasteiger partial charge in [-0.25, -0.2) is 0 Å². The minimum atomic E-state index is 0.277. The van der Waals surface area contributed by atoms with Crippen LogP contribution in [0.1, 0.15) is 38.0 Å². The molecule has 80 valence electrons. The van der Waals surface area contributed by atoms with Crippen molar-refractivity contribution in [1.29, 1.82) is 0 Å². The molecular formula is C11H19NO2. The number of hydrogen-bond acceptors (Lipinski definition) is 3. The maximum absolute atomic E-state index is 8.59. The van der Waals surface area contributed by atoms with Gasteiger partial charge in [-0.3, -0.25) is 0 Å². The van der Waals surface area contributed by atoms with Crippen LogP contribution in [0.3, 0.4) is 0 Å². The fourth-order valence-corrected chi connectivity index (χ4v) is 1.37. The molecule has 3 nitrogen and oxygen atoms in total. The van der Waals surface area contributed by atoms with Gasteiger partial charge < -0.3 is 14.8 Å². The minimum Gasteiger partial charge on any atom is -0.468 e. The molecule has 1 aromatic heterocycles. The minimum absolute atomic E-state index is 0.277. The van der Waals surface area contributed by atoms with Crippen molar-refractivity contribution in [2.75, 3.05) is 13.2 Å². The van der Waals surface area contributed by atoms with Crippen molar-refractivity contribution in [3.8, 4) is 0 Å². The van der Waals surface area contributed by atoms with E-state index in [0.717, 1.165) is 31.6 Å². The Hall–Kier alpha value is -0.800. The second kappa shape index (κ2) is 6.62. The molecule has 0 saturated heterocycles. The van der Waals surface area contributed by atoms with E-state index in [1.807, 2.05) is 12.1 Å². The molecule has 0 aliphatic carbocycles. The molecule has 1 unspecified atom stereocenters. The van der Waals surface area contributed by atoms with E-state index in [2.05, 4.69) is 12.2 Å². The van der Waals surface area contributed by atoms with Crippen molar-refractivity contribution >= 4 is 0 Å². The molecule has 0 fully saturated rings. The predicted molar refractivity (Wildman–Crippen MR) is 56.1 cm³/mol. The van der Waals surface area contributed by atoms with Crippen molar-refractivity contribution in [3.05, 3.63) is 24.2 Å². The highest BCUT2D eigenvalue weighted by Crippen LogP contribution is 2.11. The average molecular weight is 197 g/mol. The Kier molecular flexibility index (Phi) is 5.33. The van der Waals surface area contributed by atoms with Crippen LogP contribution >= 0.6 is 0 Å². The zero-order valence-corrected chi connectivity index (χ0v) is 8.70. The number of unbranched alkanes of at least 4 members (excludes halogenated alkanes) is 2. The first-order valence-electron chi connectivity index (χ1n) is 5.22. The summed E-state index contributed by atoms with van der Waals surface area (Å²) in [5.41, 5.74) is 0. The van der Waals surface area contributed by atoms with E-state index >= 15 is 0 Å². The monoisotopic (exact) mass is 197 g/mol. The summed E-state index contributed by atoms with van der Waals surface area (Å²) in [5.74, 6) is 0.979. The molecule has 14 heavy (non-hydrogen) atoms. The van der Waals surface area contributed by atoms with Gasteiger partial charge in [-0.05, 0) is 44.9 Å². The topological polar surface area (TPSA) is 45.4 Å². The van der Waals surface area contributed by atoms with E-state index in [1.54, 1.807) is 6.26 Å². The van der Waals surface area contributed by atoms with Gasteiger partial charge in [0.05, 0.1) is 12.3 Å². The van der Waals surface area contributed by atoms with Crippen molar-refractivity contribution in [1.82, 2.24) is 5.32 Å². The lowest BCUT2D eigenvalue weighted by molar-refractivity contribution is 0.282. The molecule has 0 saturated carbocycles. The van der Waals surface area contributed by atoms with Crippen LogP contribution in [0.2, 0.25) is 0 Å². The largest absolute Gasteiger partial charge is 0.468 e. The fraction of sp³-hybridized carbons (Fsp3) is 0.636. The summed E-state index contributed by atoms with van der Waals surface area (Å²) < 4.78 is 5.27. The SMILES string of the molecule is CC(NCCCCCO)c1ccco1. The molecular weight excluding hydrogens is 178 g/mol. The number of nitrogens with one attached hydrogen (secondary N) is 1. The Labute approximate surface area is 85.1 Å². The Morgan fingerprint density at radius 3 is 2.93 bits per heavy atom. The fourth-order valence-electron chi connectivity index (χ4n) is 1.37. The molecule has 1 heterocycles. The normalized spacial score (nSPS) is 13.0. The summed E-state index contributed by atoms with van der Waals surface area (Å²) in [6.07, 6.45) is 4.77. The van der Waals surface area contributed by atoms with Gasteiger partial charge in [0.25, 0.3) is 0 Å². The molecule has 3 heteroatoms. The smallest absolute Gasteiger partial charge is 0.120 e. The van der Waals surface area contributed by atoms with E-state index in [-0.39, 0.29) is 6.04 Å². The zero-order chi connectivity index (χ0) is 10.2. The van der Waals surface area contributed by atoms with Gasteiger partial charge in [-0.2, -0.15) is 0 Å². The standard InChI is InChI=1S/C11H19NO2/c1-10(11-6-5-9-14-11)12-7-3-2-4-8-13/h5-6,9-10,12-13H,2-4,7-8H2,1H3. The molecule has 1 aromatic rings. The Morgan fingerprint density at radius 1 is 1.43 bits per heavy atom. The van der Waals surface area contributed by atoms with Crippen LogP contribution in [0.15, 0.2) is 22.8 Å². The summed E-state index contributed by atoms with van der Waals surface area (Å²) in [4.78, 5) is 0. The van der Waals surface area contributed by atoms with Crippen LogP contribution in [-0.2, 0) is 0 Å². The highest BCUT2D eigenvalue weighted by Gasteiger charge is 2.05. The van der Waals surface area contributed by atoms with E-state index in [4.69, 9.17) is 9.52 Å². The number of aliphatic hydroxyl groups excluding tert-OH is 1.